The molecule has 1 saturated carbocycles. The third-order valence-corrected chi connectivity index (χ3v) is 7.03. The van der Waals surface area contributed by atoms with Crippen molar-refractivity contribution in [1.82, 2.24) is 20.9 Å². The average molecular weight is 560 g/mol. The minimum absolute atomic E-state index is 0.0168. The second kappa shape index (κ2) is 9.93. The number of hydrogen-bond donors (Lipinski definition) is 5. The summed E-state index contributed by atoms with van der Waals surface area (Å²) in [5, 5.41) is 11.9. The van der Waals surface area contributed by atoms with Crippen molar-refractivity contribution in [3.63, 3.8) is 0 Å². The molecule has 1 spiro atoms. The van der Waals surface area contributed by atoms with Crippen LogP contribution in [-0.2, 0) is 4.74 Å². The third-order valence-electron chi connectivity index (χ3n) is 7.03. The average Bonchev–Trinajstić information content (AvgIpc) is 3.49. The molecule has 2 unspecified atom stereocenters. The number of benzene rings is 1. The number of fused-ring (bicyclic) bond motifs is 1. The molecule has 3 heterocycles. The van der Waals surface area contributed by atoms with Crippen molar-refractivity contribution in [2.75, 3.05) is 25.6 Å². The number of H-pyrrole nitrogens is 1. The molecule has 5 N–H and O–H groups in total. The fourth-order valence-electron chi connectivity index (χ4n) is 4.85. The number of nitrogens with one attached hydrogen (secondary N) is 5. The van der Waals surface area contributed by atoms with Crippen LogP contribution in [0.25, 0.3) is 16.6 Å². The van der Waals surface area contributed by atoms with Crippen LogP contribution >= 0.6 is 0 Å². The van der Waals surface area contributed by atoms with E-state index in [1.807, 2.05) is 0 Å². The first-order valence-corrected chi connectivity index (χ1v) is 12.2. The van der Waals surface area contributed by atoms with Gasteiger partial charge in [-0.2, -0.15) is 26.3 Å². The highest BCUT2D eigenvalue weighted by atomic mass is 19.4. The zero-order chi connectivity index (χ0) is 28.0. The van der Waals surface area contributed by atoms with Crippen LogP contribution in [0.1, 0.15) is 31.2 Å². The SMILES string of the molecule is COC(=O)Nc1ccc2c(C3=C(C(F)(F)F)C=NC(NC4CCC5(CC5)NC4)N3)c[nH]c2c1OCC(F)(F)F. The van der Waals surface area contributed by atoms with E-state index in [1.54, 1.807) is 0 Å². The normalized spacial score (nSPS) is 22.6. The van der Waals surface area contributed by atoms with Crippen molar-refractivity contribution in [3.8, 4) is 5.75 Å². The molecule has 3 aliphatic rings. The summed E-state index contributed by atoms with van der Waals surface area (Å²) in [6.07, 6.45) is -5.29. The fraction of sp³-hybridized carbons (Fsp3) is 0.500. The van der Waals surface area contributed by atoms with Crippen molar-refractivity contribution in [2.24, 2.45) is 4.99 Å². The van der Waals surface area contributed by atoms with Crippen molar-refractivity contribution >= 4 is 34.6 Å². The summed E-state index contributed by atoms with van der Waals surface area (Å²) in [5.74, 6) is -0.405. The van der Waals surface area contributed by atoms with Gasteiger partial charge < -0.3 is 25.1 Å². The maximum atomic E-state index is 14.0. The Balaban J connectivity index is 1.47. The van der Waals surface area contributed by atoms with Gasteiger partial charge in [-0.25, -0.2) is 4.79 Å². The molecule has 1 aromatic carbocycles. The minimum Gasteiger partial charge on any atom is -0.480 e. The molecule has 0 bridgehead atoms. The fourth-order valence-corrected chi connectivity index (χ4v) is 4.85. The molecule has 1 aliphatic carbocycles. The first kappa shape index (κ1) is 27.1. The number of nitrogens with zero attached hydrogens (tertiary/aromatic N) is 1. The van der Waals surface area contributed by atoms with E-state index in [0.29, 0.717) is 6.54 Å². The van der Waals surface area contributed by atoms with E-state index in [1.165, 1.54) is 18.3 Å². The molecule has 2 aromatic rings. The molecule has 0 radical (unpaired) electrons. The van der Waals surface area contributed by atoms with Gasteiger partial charge in [0.15, 0.2) is 18.6 Å². The lowest BCUT2D eigenvalue weighted by molar-refractivity contribution is -0.153. The summed E-state index contributed by atoms with van der Waals surface area (Å²) in [6.45, 7) is -1.04. The van der Waals surface area contributed by atoms with Gasteiger partial charge >= 0.3 is 18.4 Å². The van der Waals surface area contributed by atoms with Gasteiger partial charge in [0.25, 0.3) is 0 Å². The van der Waals surface area contributed by atoms with Crippen LogP contribution in [0.5, 0.6) is 5.75 Å². The second-order valence-corrected chi connectivity index (χ2v) is 9.76. The highest BCUT2D eigenvalue weighted by Gasteiger charge is 2.45. The number of halogens is 6. The summed E-state index contributed by atoms with van der Waals surface area (Å²) in [4.78, 5) is 18.5. The van der Waals surface area contributed by atoms with E-state index in [4.69, 9.17) is 4.74 Å². The monoisotopic (exact) mass is 560 g/mol. The number of alkyl halides is 6. The van der Waals surface area contributed by atoms with Gasteiger partial charge in [-0.15, -0.1) is 0 Å². The lowest BCUT2D eigenvalue weighted by Gasteiger charge is -2.34. The lowest BCUT2D eigenvalue weighted by Crippen LogP contribution is -2.55. The highest BCUT2D eigenvalue weighted by Crippen LogP contribution is 2.42. The van der Waals surface area contributed by atoms with Crippen molar-refractivity contribution in [3.05, 3.63) is 29.5 Å². The standard InChI is InChI=1S/C24H26F6N6O3/c1-38-21(37)35-16-3-2-13-14(9-31-18(13)19(16)39-11-23(25,26)27)17-15(24(28,29)30)10-32-20(36-17)34-12-4-5-22(6-7-22)33-8-12/h2-3,9-10,12,20,31,33-34,36H,4-8,11H2,1H3,(H,35,37). The number of aliphatic imine (C=N–C) groups is 1. The summed E-state index contributed by atoms with van der Waals surface area (Å²) >= 11 is 0. The first-order chi connectivity index (χ1) is 18.4. The number of hydrogen-bond acceptors (Lipinski definition) is 7. The Morgan fingerprint density at radius 1 is 1.18 bits per heavy atom. The van der Waals surface area contributed by atoms with Crippen LogP contribution < -0.4 is 26.0 Å². The summed E-state index contributed by atoms with van der Waals surface area (Å²) in [6, 6.07) is 2.57. The van der Waals surface area contributed by atoms with Gasteiger partial charge in [-0.3, -0.25) is 15.6 Å². The Morgan fingerprint density at radius 3 is 2.56 bits per heavy atom. The van der Waals surface area contributed by atoms with Gasteiger partial charge in [0.2, 0.25) is 0 Å². The molecule has 9 nitrogen and oxygen atoms in total. The van der Waals surface area contributed by atoms with E-state index in [2.05, 4.69) is 36.0 Å². The molecular weight excluding hydrogens is 534 g/mol. The molecule has 5 rings (SSSR count). The molecule has 1 amide bonds. The number of allylic oxidation sites excluding steroid dienone is 1. The van der Waals surface area contributed by atoms with Crippen molar-refractivity contribution in [1.29, 1.82) is 0 Å². The van der Waals surface area contributed by atoms with Crippen LogP contribution in [0.3, 0.4) is 0 Å². The smallest absolute Gasteiger partial charge is 0.422 e. The molecule has 2 aliphatic heterocycles. The minimum atomic E-state index is -4.77. The topological polar surface area (TPSA) is 112 Å². The van der Waals surface area contributed by atoms with Crippen LogP contribution in [-0.4, -0.2) is 67.8 Å². The van der Waals surface area contributed by atoms with E-state index in [9.17, 15) is 31.1 Å². The number of rotatable bonds is 6. The number of amides is 1. The molecule has 15 heteroatoms. The Kier molecular flexibility index (Phi) is 6.91. The number of aromatic amines is 1. The predicted octanol–water partition coefficient (Wildman–Crippen LogP) is 4.39. The molecule has 2 atom stereocenters. The van der Waals surface area contributed by atoms with Crippen LogP contribution in [0.15, 0.2) is 28.9 Å². The third kappa shape index (κ3) is 5.93. The summed E-state index contributed by atoms with van der Waals surface area (Å²) < 4.78 is 90.3. The Morgan fingerprint density at radius 2 is 1.95 bits per heavy atom. The molecule has 2 fully saturated rings. The molecule has 1 aromatic heterocycles. The van der Waals surface area contributed by atoms with E-state index in [-0.39, 0.29) is 39.4 Å². The van der Waals surface area contributed by atoms with Crippen molar-refractivity contribution in [2.45, 2.75) is 55.9 Å². The Hall–Kier alpha value is -3.46. The maximum Gasteiger partial charge on any atom is 0.422 e. The molecule has 212 valence electrons. The lowest BCUT2D eigenvalue weighted by atomic mass is 9.99. The van der Waals surface area contributed by atoms with E-state index in [0.717, 1.165) is 39.0 Å². The number of aromatic nitrogens is 1. The molecule has 1 saturated heterocycles. The predicted molar refractivity (Wildman–Crippen MR) is 130 cm³/mol. The van der Waals surface area contributed by atoms with Gasteiger partial charge in [-0.1, -0.05) is 0 Å². The first-order valence-electron chi connectivity index (χ1n) is 12.2. The molecular formula is C24H26F6N6O3. The van der Waals surface area contributed by atoms with E-state index >= 15 is 0 Å². The Labute approximate surface area is 218 Å². The zero-order valence-corrected chi connectivity index (χ0v) is 20.6. The largest absolute Gasteiger partial charge is 0.480 e. The zero-order valence-electron chi connectivity index (χ0n) is 20.6. The highest BCUT2D eigenvalue weighted by molar-refractivity contribution is 6.04. The number of anilines is 1. The number of carbonyl (C=O) groups excluding carboxylic acids is 1. The van der Waals surface area contributed by atoms with Crippen LogP contribution in [0, 0.1) is 0 Å². The van der Waals surface area contributed by atoms with Crippen LogP contribution in [0.2, 0.25) is 0 Å². The number of piperidine rings is 1. The van der Waals surface area contributed by atoms with E-state index < -0.39 is 42.7 Å². The Bertz CT molecular complexity index is 1300. The van der Waals surface area contributed by atoms with Gasteiger partial charge in [0, 0.05) is 41.5 Å². The number of ether oxygens (including phenoxy) is 2. The number of carbonyl (C=O) groups is 1. The quantitative estimate of drug-likeness (QED) is 0.335. The maximum absolute atomic E-state index is 14.0. The van der Waals surface area contributed by atoms with Gasteiger partial charge in [0.1, 0.15) is 0 Å². The molecule has 39 heavy (non-hydrogen) atoms. The van der Waals surface area contributed by atoms with Gasteiger partial charge in [-0.05, 0) is 37.8 Å². The summed E-state index contributed by atoms with van der Waals surface area (Å²) in [7, 11) is 1.07. The van der Waals surface area contributed by atoms with Crippen LogP contribution in [0.4, 0.5) is 36.8 Å². The second-order valence-electron chi connectivity index (χ2n) is 9.76. The number of methoxy groups -OCH3 is 1. The van der Waals surface area contributed by atoms with Gasteiger partial charge in [0.05, 0.1) is 29.6 Å². The summed E-state index contributed by atoms with van der Waals surface area (Å²) in [5.41, 5.74) is -1.32. The van der Waals surface area contributed by atoms with Crippen molar-refractivity contribution < 1.29 is 40.6 Å².